The molecule has 0 aliphatic heterocycles. The van der Waals surface area contributed by atoms with E-state index in [-0.39, 0.29) is 0 Å². The molecule has 0 saturated heterocycles. The van der Waals surface area contributed by atoms with Crippen molar-refractivity contribution in [3.8, 4) is 11.5 Å². The van der Waals surface area contributed by atoms with Crippen LogP contribution in [0.5, 0.6) is 0 Å². The standard InChI is InChI=1S/C18H13FN4OS/c19-16-11-12(6-8-20-16)10-15-14(7-9-25-15)17-22-23-18(24-17)21-13-4-2-1-3-5-13/h1-9,11H,10H2,(H,21,23). The van der Waals surface area contributed by atoms with Gasteiger partial charge in [0.1, 0.15) is 0 Å². The van der Waals surface area contributed by atoms with Gasteiger partial charge in [0.25, 0.3) is 5.89 Å². The van der Waals surface area contributed by atoms with Crippen LogP contribution < -0.4 is 5.32 Å². The van der Waals surface area contributed by atoms with Gasteiger partial charge >= 0.3 is 6.01 Å². The van der Waals surface area contributed by atoms with Crippen LogP contribution in [-0.4, -0.2) is 15.2 Å². The van der Waals surface area contributed by atoms with Gasteiger partial charge in [-0.3, -0.25) is 0 Å². The highest BCUT2D eigenvalue weighted by molar-refractivity contribution is 7.10. The summed E-state index contributed by atoms with van der Waals surface area (Å²) in [4.78, 5) is 4.61. The fraction of sp³-hybridized carbons (Fsp3) is 0.0556. The second-order valence-corrected chi connectivity index (χ2v) is 6.33. The largest absolute Gasteiger partial charge is 0.403 e. The lowest BCUT2D eigenvalue weighted by atomic mass is 10.1. The van der Waals surface area contributed by atoms with Crippen LogP contribution in [-0.2, 0) is 6.42 Å². The zero-order valence-corrected chi connectivity index (χ0v) is 13.8. The first-order chi connectivity index (χ1) is 12.3. The van der Waals surface area contributed by atoms with Gasteiger partial charge in [0.15, 0.2) is 0 Å². The summed E-state index contributed by atoms with van der Waals surface area (Å²) in [5, 5.41) is 13.2. The average molecular weight is 352 g/mol. The molecule has 0 radical (unpaired) electrons. The molecule has 1 aromatic carbocycles. The average Bonchev–Trinajstić information content (AvgIpc) is 3.25. The number of benzene rings is 1. The highest BCUT2D eigenvalue weighted by atomic mass is 32.1. The third-order valence-corrected chi connectivity index (χ3v) is 4.50. The molecule has 0 aliphatic carbocycles. The zero-order chi connectivity index (χ0) is 17.1. The molecular formula is C18H13FN4OS. The third-order valence-electron chi connectivity index (χ3n) is 3.58. The smallest absolute Gasteiger partial charge is 0.320 e. The Morgan fingerprint density at radius 1 is 1.08 bits per heavy atom. The van der Waals surface area contributed by atoms with Gasteiger partial charge in [-0.25, -0.2) is 4.98 Å². The van der Waals surface area contributed by atoms with Gasteiger partial charge in [0.05, 0.1) is 5.56 Å². The van der Waals surface area contributed by atoms with E-state index in [2.05, 4.69) is 20.5 Å². The van der Waals surface area contributed by atoms with Gasteiger partial charge in [-0.15, -0.1) is 16.4 Å². The van der Waals surface area contributed by atoms with E-state index >= 15 is 0 Å². The number of hydrogen-bond acceptors (Lipinski definition) is 6. The minimum Gasteiger partial charge on any atom is -0.403 e. The molecule has 7 heteroatoms. The van der Waals surface area contributed by atoms with E-state index < -0.39 is 5.95 Å². The van der Waals surface area contributed by atoms with Crippen molar-refractivity contribution in [3.63, 3.8) is 0 Å². The Morgan fingerprint density at radius 3 is 2.80 bits per heavy atom. The molecule has 0 unspecified atom stereocenters. The third kappa shape index (κ3) is 3.56. The van der Waals surface area contributed by atoms with E-state index in [0.717, 1.165) is 21.7 Å². The van der Waals surface area contributed by atoms with Crippen LogP contribution in [0, 0.1) is 5.95 Å². The first kappa shape index (κ1) is 15.5. The molecule has 0 spiro atoms. The molecule has 3 heterocycles. The summed E-state index contributed by atoms with van der Waals surface area (Å²) < 4.78 is 19.0. The van der Waals surface area contributed by atoms with Crippen molar-refractivity contribution in [2.24, 2.45) is 0 Å². The Labute approximate surface area is 147 Å². The molecule has 0 bridgehead atoms. The molecule has 0 atom stereocenters. The molecular weight excluding hydrogens is 339 g/mol. The van der Waals surface area contributed by atoms with Gasteiger partial charge in [-0.2, -0.15) is 4.39 Å². The first-order valence-electron chi connectivity index (χ1n) is 7.61. The van der Waals surface area contributed by atoms with Crippen LogP contribution in [0.2, 0.25) is 0 Å². The van der Waals surface area contributed by atoms with Crippen molar-refractivity contribution < 1.29 is 8.81 Å². The Bertz CT molecular complexity index is 983. The quantitative estimate of drug-likeness (QED) is 0.529. The van der Waals surface area contributed by atoms with E-state index in [4.69, 9.17) is 4.42 Å². The maximum atomic E-state index is 13.3. The van der Waals surface area contributed by atoms with Crippen molar-refractivity contribution in [1.29, 1.82) is 0 Å². The van der Waals surface area contributed by atoms with Crippen molar-refractivity contribution >= 4 is 23.0 Å². The van der Waals surface area contributed by atoms with Crippen LogP contribution in [0.3, 0.4) is 0 Å². The predicted octanol–water partition coefficient (Wildman–Crippen LogP) is 4.67. The summed E-state index contributed by atoms with van der Waals surface area (Å²) in [7, 11) is 0. The minimum absolute atomic E-state index is 0.327. The van der Waals surface area contributed by atoms with Gasteiger partial charge in [-0.05, 0) is 41.3 Å². The molecule has 0 saturated carbocycles. The Hall–Kier alpha value is -3.06. The number of thiophene rings is 1. The summed E-state index contributed by atoms with van der Waals surface area (Å²) in [6.45, 7) is 0. The van der Waals surface area contributed by atoms with E-state index in [0.29, 0.717) is 18.3 Å². The van der Waals surface area contributed by atoms with Gasteiger partial charge in [0, 0.05) is 23.2 Å². The SMILES string of the molecule is Fc1cc(Cc2sccc2-c2nnc(Nc3ccccc3)o2)ccn1. The second-order valence-electron chi connectivity index (χ2n) is 5.32. The molecule has 4 rings (SSSR count). The van der Waals surface area contributed by atoms with E-state index in [1.54, 1.807) is 17.4 Å². The summed E-state index contributed by atoms with van der Waals surface area (Å²) in [6.07, 6.45) is 2.04. The lowest BCUT2D eigenvalue weighted by Gasteiger charge is -2.01. The molecule has 0 fully saturated rings. The highest BCUT2D eigenvalue weighted by Gasteiger charge is 2.15. The van der Waals surface area contributed by atoms with Crippen molar-refractivity contribution in [2.75, 3.05) is 5.32 Å². The van der Waals surface area contributed by atoms with E-state index in [1.807, 2.05) is 41.8 Å². The second kappa shape index (κ2) is 6.82. The van der Waals surface area contributed by atoms with Crippen LogP contribution in [0.15, 0.2) is 64.5 Å². The van der Waals surface area contributed by atoms with Crippen molar-refractivity contribution in [2.45, 2.75) is 6.42 Å². The molecule has 124 valence electrons. The van der Waals surface area contributed by atoms with E-state index in [9.17, 15) is 4.39 Å². The van der Waals surface area contributed by atoms with Gasteiger partial charge in [0.2, 0.25) is 5.95 Å². The van der Waals surface area contributed by atoms with Gasteiger partial charge < -0.3 is 9.73 Å². The number of halogens is 1. The summed E-state index contributed by atoms with van der Waals surface area (Å²) in [6, 6.07) is 15.1. The minimum atomic E-state index is -0.484. The van der Waals surface area contributed by atoms with E-state index in [1.165, 1.54) is 12.3 Å². The number of hydrogen-bond donors (Lipinski definition) is 1. The number of para-hydroxylation sites is 1. The molecule has 1 N–H and O–H groups in total. The number of pyridine rings is 1. The van der Waals surface area contributed by atoms with Crippen LogP contribution in [0.1, 0.15) is 10.4 Å². The number of nitrogens with zero attached hydrogens (tertiary/aromatic N) is 3. The summed E-state index contributed by atoms with van der Waals surface area (Å²) in [5.74, 6) is -0.0491. The monoisotopic (exact) mass is 352 g/mol. The fourth-order valence-electron chi connectivity index (χ4n) is 2.43. The number of nitrogens with one attached hydrogen (secondary N) is 1. The van der Waals surface area contributed by atoms with Crippen LogP contribution in [0.25, 0.3) is 11.5 Å². The van der Waals surface area contributed by atoms with Crippen molar-refractivity contribution in [3.05, 3.63) is 76.5 Å². The fourth-order valence-corrected chi connectivity index (χ4v) is 3.33. The number of anilines is 2. The lowest BCUT2D eigenvalue weighted by molar-refractivity contribution is 0.582. The maximum Gasteiger partial charge on any atom is 0.320 e. The zero-order valence-electron chi connectivity index (χ0n) is 13.0. The Balaban J connectivity index is 1.56. The molecule has 4 aromatic rings. The van der Waals surface area contributed by atoms with Crippen molar-refractivity contribution in [1.82, 2.24) is 15.2 Å². The normalized spacial score (nSPS) is 10.8. The topological polar surface area (TPSA) is 63.8 Å². The number of aromatic nitrogens is 3. The lowest BCUT2D eigenvalue weighted by Crippen LogP contribution is -1.90. The molecule has 0 aliphatic rings. The Kier molecular flexibility index (Phi) is 4.22. The molecule has 3 aromatic heterocycles. The highest BCUT2D eigenvalue weighted by Crippen LogP contribution is 2.30. The molecule has 5 nitrogen and oxygen atoms in total. The maximum absolute atomic E-state index is 13.3. The molecule has 25 heavy (non-hydrogen) atoms. The predicted molar refractivity (Wildman–Crippen MR) is 94.3 cm³/mol. The first-order valence-corrected chi connectivity index (χ1v) is 8.48. The van der Waals surface area contributed by atoms with Gasteiger partial charge in [-0.1, -0.05) is 23.3 Å². The Morgan fingerprint density at radius 2 is 1.96 bits per heavy atom. The summed E-state index contributed by atoms with van der Waals surface area (Å²) in [5.41, 5.74) is 2.57. The molecule has 0 amide bonds. The summed E-state index contributed by atoms with van der Waals surface area (Å²) >= 11 is 1.57. The van der Waals surface area contributed by atoms with Crippen LogP contribution in [0.4, 0.5) is 16.1 Å². The van der Waals surface area contributed by atoms with Crippen LogP contribution >= 0.6 is 11.3 Å². The number of rotatable bonds is 5.